The fraction of sp³-hybridized carbons (Fsp3) is 0.222. The van der Waals surface area contributed by atoms with Gasteiger partial charge in [0.2, 0.25) is 0 Å². The van der Waals surface area contributed by atoms with Crippen LogP contribution >= 0.6 is 7.80 Å². The lowest BCUT2D eigenvalue weighted by Gasteiger charge is -2.02. The molecule has 0 saturated heterocycles. The molecule has 1 aromatic carbocycles. The van der Waals surface area contributed by atoms with E-state index in [4.69, 9.17) is 5.11 Å². The van der Waals surface area contributed by atoms with Gasteiger partial charge >= 0.3 is 5.97 Å². The number of aliphatic carboxylic acids is 1. The van der Waals surface area contributed by atoms with Crippen LogP contribution in [0.3, 0.4) is 0 Å². The maximum atomic E-state index is 11.5. The van der Waals surface area contributed by atoms with E-state index >= 15 is 0 Å². The number of carboxylic acids is 1. The first-order valence-corrected chi connectivity index (χ1v) is 5.76. The van der Waals surface area contributed by atoms with E-state index in [0.29, 0.717) is 5.30 Å². The van der Waals surface area contributed by atoms with Crippen LogP contribution in [0.5, 0.6) is 5.75 Å². The molecule has 2 N–H and O–H groups in total. The number of hydrogen-bond donors (Lipinski definition) is 2. The Balaban J connectivity index is 2.70. The summed E-state index contributed by atoms with van der Waals surface area (Å²) in [7, 11) is -2.17. The second kappa shape index (κ2) is 4.82. The van der Waals surface area contributed by atoms with Gasteiger partial charge in [-0.25, -0.2) is 0 Å². The van der Waals surface area contributed by atoms with Gasteiger partial charge in [0, 0.05) is 6.16 Å². The molecule has 14 heavy (non-hydrogen) atoms. The Morgan fingerprint density at radius 3 is 2.57 bits per heavy atom. The zero-order valence-corrected chi connectivity index (χ0v) is 8.43. The van der Waals surface area contributed by atoms with Crippen molar-refractivity contribution >= 4 is 19.1 Å². The van der Waals surface area contributed by atoms with Crippen LogP contribution in [-0.2, 0) is 9.36 Å². The van der Waals surface area contributed by atoms with Crippen molar-refractivity contribution in [3.8, 4) is 5.75 Å². The Bertz CT molecular complexity index is 362. The Kier molecular flexibility index (Phi) is 3.72. The van der Waals surface area contributed by atoms with Gasteiger partial charge in [0.25, 0.3) is 0 Å². The minimum absolute atomic E-state index is 0.0261. The molecule has 0 aromatic heterocycles. The first-order valence-electron chi connectivity index (χ1n) is 4.14. The molecule has 0 bridgehead atoms. The number of phenols is 1. The van der Waals surface area contributed by atoms with Crippen LogP contribution in [0, 0.1) is 0 Å². The fourth-order valence-electron chi connectivity index (χ4n) is 1.06. The lowest BCUT2D eigenvalue weighted by atomic mass is 10.3. The zero-order valence-electron chi connectivity index (χ0n) is 7.43. The van der Waals surface area contributed by atoms with Crippen LogP contribution in [0.25, 0.3) is 0 Å². The summed E-state index contributed by atoms with van der Waals surface area (Å²) in [5.41, 5.74) is 0. The van der Waals surface area contributed by atoms with Crippen LogP contribution < -0.4 is 5.30 Å². The number of hydrogen-bond acceptors (Lipinski definition) is 3. The largest absolute Gasteiger partial charge is 0.507 e. The van der Waals surface area contributed by atoms with Crippen molar-refractivity contribution in [2.24, 2.45) is 0 Å². The van der Waals surface area contributed by atoms with Gasteiger partial charge in [-0.3, -0.25) is 4.79 Å². The topological polar surface area (TPSA) is 74.6 Å². The third-order valence-corrected chi connectivity index (χ3v) is 3.50. The predicted molar refractivity (Wildman–Crippen MR) is 53.9 cm³/mol. The monoisotopic (exact) mass is 214 g/mol. The summed E-state index contributed by atoms with van der Waals surface area (Å²) in [4.78, 5) is 10.2. The maximum Gasteiger partial charge on any atom is 0.303 e. The average molecular weight is 214 g/mol. The van der Waals surface area contributed by atoms with Crippen LogP contribution in [0.2, 0.25) is 0 Å². The number of carboxylic acid groups (broad SMARTS) is 1. The van der Waals surface area contributed by atoms with E-state index in [0.717, 1.165) is 0 Å². The molecule has 0 radical (unpaired) electrons. The van der Waals surface area contributed by atoms with Gasteiger partial charge in [0.15, 0.2) is 0 Å². The van der Waals surface area contributed by atoms with Gasteiger partial charge in [-0.15, -0.1) is 0 Å². The van der Waals surface area contributed by atoms with E-state index in [1.165, 1.54) is 6.07 Å². The number of phenolic OH excluding ortho intramolecular Hbond substituents is 1. The number of carbonyl (C=O) groups is 1. The molecule has 76 valence electrons. The van der Waals surface area contributed by atoms with E-state index in [2.05, 4.69) is 0 Å². The highest BCUT2D eigenvalue weighted by Gasteiger charge is 2.09. The van der Waals surface area contributed by atoms with E-state index in [1.54, 1.807) is 18.2 Å². The van der Waals surface area contributed by atoms with E-state index in [9.17, 15) is 14.5 Å². The van der Waals surface area contributed by atoms with Crippen LogP contribution in [-0.4, -0.2) is 22.3 Å². The number of aromatic hydroxyl groups is 1. The third kappa shape index (κ3) is 2.89. The van der Waals surface area contributed by atoms with Crippen molar-refractivity contribution in [1.29, 1.82) is 0 Å². The van der Waals surface area contributed by atoms with Gasteiger partial charge in [-0.05, 0) is 12.1 Å². The SMILES string of the molecule is O=C(O)CC[PH](=O)c1ccccc1O. The second-order valence-corrected chi connectivity index (χ2v) is 4.72. The second-order valence-electron chi connectivity index (χ2n) is 2.83. The molecule has 0 spiro atoms. The van der Waals surface area contributed by atoms with Crippen molar-refractivity contribution in [2.75, 3.05) is 6.16 Å². The summed E-state index contributed by atoms with van der Waals surface area (Å²) in [6.07, 6.45) is -0.0380. The van der Waals surface area contributed by atoms with Crippen LogP contribution in [0.4, 0.5) is 0 Å². The van der Waals surface area contributed by atoms with Crippen molar-refractivity contribution in [3.05, 3.63) is 24.3 Å². The summed E-state index contributed by atoms with van der Waals surface area (Å²) in [6.45, 7) is 0. The first-order chi connectivity index (χ1) is 6.61. The molecule has 0 heterocycles. The van der Waals surface area contributed by atoms with Crippen molar-refractivity contribution in [2.45, 2.75) is 6.42 Å². The molecule has 1 unspecified atom stereocenters. The van der Waals surface area contributed by atoms with Gasteiger partial charge in [0.1, 0.15) is 13.6 Å². The number of rotatable bonds is 4. The summed E-state index contributed by atoms with van der Waals surface area (Å²) < 4.78 is 11.5. The Hall–Kier alpha value is -1.28. The molecule has 0 amide bonds. The van der Waals surface area contributed by atoms with E-state index < -0.39 is 13.8 Å². The van der Waals surface area contributed by atoms with Gasteiger partial charge in [-0.1, -0.05) is 12.1 Å². The van der Waals surface area contributed by atoms with Gasteiger partial charge < -0.3 is 14.8 Å². The normalized spacial score (nSPS) is 12.3. The Labute approximate surface area is 82.0 Å². The zero-order chi connectivity index (χ0) is 10.6. The quantitative estimate of drug-likeness (QED) is 0.734. The Morgan fingerprint density at radius 1 is 1.36 bits per heavy atom. The molecule has 0 fully saturated rings. The predicted octanol–water partition coefficient (Wildman–Crippen LogP) is 1.05. The molecule has 1 rings (SSSR count). The number of para-hydroxylation sites is 1. The smallest absolute Gasteiger partial charge is 0.303 e. The average Bonchev–Trinajstić information content (AvgIpc) is 2.15. The maximum absolute atomic E-state index is 11.5. The Morgan fingerprint density at radius 2 is 2.00 bits per heavy atom. The minimum Gasteiger partial charge on any atom is -0.507 e. The summed E-state index contributed by atoms with van der Waals surface area (Å²) >= 11 is 0. The van der Waals surface area contributed by atoms with Gasteiger partial charge in [-0.2, -0.15) is 0 Å². The van der Waals surface area contributed by atoms with Crippen molar-refractivity contribution < 1.29 is 19.6 Å². The molecular weight excluding hydrogens is 203 g/mol. The molecule has 1 atom stereocenters. The lowest BCUT2D eigenvalue weighted by molar-refractivity contribution is -0.136. The molecular formula is C9H11O4P. The highest BCUT2D eigenvalue weighted by Crippen LogP contribution is 2.25. The standard InChI is InChI=1S/C9H11O4P/c10-7-3-1-2-4-8(7)14(13)6-5-9(11)12/h1-4,10,14H,5-6H2,(H,11,12). The van der Waals surface area contributed by atoms with E-state index in [1.807, 2.05) is 0 Å². The molecule has 0 aliphatic rings. The number of benzene rings is 1. The summed E-state index contributed by atoms with van der Waals surface area (Å²) in [5, 5.41) is 18.1. The van der Waals surface area contributed by atoms with Crippen molar-refractivity contribution in [1.82, 2.24) is 0 Å². The lowest BCUT2D eigenvalue weighted by Crippen LogP contribution is -2.02. The molecule has 0 aliphatic carbocycles. The minimum atomic E-state index is -2.17. The third-order valence-electron chi connectivity index (χ3n) is 1.77. The van der Waals surface area contributed by atoms with Crippen molar-refractivity contribution in [3.63, 3.8) is 0 Å². The van der Waals surface area contributed by atoms with Gasteiger partial charge in [0.05, 0.1) is 11.7 Å². The molecule has 4 nitrogen and oxygen atoms in total. The molecule has 0 aliphatic heterocycles. The highest BCUT2D eigenvalue weighted by molar-refractivity contribution is 7.53. The molecule has 1 aromatic rings. The van der Waals surface area contributed by atoms with E-state index in [-0.39, 0.29) is 18.3 Å². The molecule has 5 heteroatoms. The summed E-state index contributed by atoms with van der Waals surface area (Å²) in [6, 6.07) is 6.29. The highest BCUT2D eigenvalue weighted by atomic mass is 31.1. The summed E-state index contributed by atoms with van der Waals surface area (Å²) in [5.74, 6) is -0.999. The first kappa shape index (κ1) is 10.8. The van der Waals surface area contributed by atoms with Crippen LogP contribution in [0.1, 0.15) is 6.42 Å². The molecule has 0 saturated carbocycles. The van der Waals surface area contributed by atoms with Crippen LogP contribution in [0.15, 0.2) is 24.3 Å². The fourth-order valence-corrected chi connectivity index (χ4v) is 2.43.